The van der Waals surface area contributed by atoms with Crippen LogP contribution in [0.2, 0.25) is 0 Å². The summed E-state index contributed by atoms with van der Waals surface area (Å²) in [6.45, 7) is 11.4. The fourth-order valence-electron chi connectivity index (χ4n) is 2.57. The monoisotopic (exact) mass is 406 g/mol. The number of carbonyl (C=O) groups excluding carboxylic acids is 2. The molecule has 0 bridgehead atoms. The second-order valence-corrected chi connectivity index (χ2v) is 7.84. The van der Waals surface area contributed by atoms with E-state index in [0.29, 0.717) is 63.3 Å². The third-order valence-electron chi connectivity index (χ3n) is 4.58. The van der Waals surface area contributed by atoms with Crippen LogP contribution in [0.25, 0.3) is 0 Å². The molecule has 0 fully saturated rings. The van der Waals surface area contributed by atoms with Crippen molar-refractivity contribution in [3.8, 4) is 0 Å². The summed E-state index contributed by atoms with van der Waals surface area (Å²) in [7, 11) is 0. The van der Waals surface area contributed by atoms with E-state index in [0.717, 1.165) is 12.8 Å². The van der Waals surface area contributed by atoms with Gasteiger partial charge in [-0.3, -0.25) is 9.59 Å². The van der Waals surface area contributed by atoms with Gasteiger partial charge in [0.25, 0.3) is 5.91 Å². The van der Waals surface area contributed by atoms with Crippen molar-refractivity contribution in [2.75, 3.05) is 39.5 Å². The predicted molar refractivity (Wildman–Crippen MR) is 116 cm³/mol. The minimum absolute atomic E-state index is 0.00948. The van der Waals surface area contributed by atoms with E-state index in [1.807, 2.05) is 24.3 Å². The van der Waals surface area contributed by atoms with Gasteiger partial charge in [-0.2, -0.15) is 0 Å². The molecule has 0 aromatic heterocycles. The first-order valence-corrected chi connectivity index (χ1v) is 10.7. The van der Waals surface area contributed by atoms with Gasteiger partial charge in [0, 0.05) is 25.1 Å². The molecule has 0 aliphatic rings. The van der Waals surface area contributed by atoms with Crippen molar-refractivity contribution in [1.82, 2.24) is 10.6 Å². The Hall–Kier alpha value is -1.92. The van der Waals surface area contributed by atoms with Gasteiger partial charge in [0.15, 0.2) is 0 Å². The van der Waals surface area contributed by atoms with Crippen LogP contribution in [0, 0.1) is 11.8 Å². The Morgan fingerprint density at radius 1 is 0.931 bits per heavy atom. The Morgan fingerprint density at radius 2 is 1.59 bits per heavy atom. The predicted octanol–water partition coefficient (Wildman–Crippen LogP) is 3.20. The zero-order chi connectivity index (χ0) is 21.5. The molecule has 29 heavy (non-hydrogen) atoms. The molecule has 2 amide bonds. The zero-order valence-corrected chi connectivity index (χ0v) is 18.5. The van der Waals surface area contributed by atoms with Gasteiger partial charge in [0.1, 0.15) is 0 Å². The van der Waals surface area contributed by atoms with Gasteiger partial charge in [-0.15, -0.1) is 0 Å². The van der Waals surface area contributed by atoms with Crippen molar-refractivity contribution >= 4 is 11.8 Å². The maximum absolute atomic E-state index is 12.1. The average molecular weight is 407 g/mol. The maximum Gasteiger partial charge on any atom is 0.251 e. The number of nitrogens with one attached hydrogen (secondary N) is 2. The van der Waals surface area contributed by atoms with Gasteiger partial charge in [0.2, 0.25) is 5.91 Å². The van der Waals surface area contributed by atoms with E-state index in [1.54, 1.807) is 0 Å². The fraction of sp³-hybridized carbons (Fsp3) is 0.652. The Bertz CT molecular complexity index is 587. The summed E-state index contributed by atoms with van der Waals surface area (Å²) < 4.78 is 10.8. The first-order valence-electron chi connectivity index (χ1n) is 10.7. The zero-order valence-electron chi connectivity index (χ0n) is 18.5. The van der Waals surface area contributed by atoms with Crippen LogP contribution >= 0.6 is 0 Å². The maximum atomic E-state index is 12.1. The van der Waals surface area contributed by atoms with E-state index < -0.39 is 0 Å². The molecule has 0 saturated carbocycles. The topological polar surface area (TPSA) is 76.7 Å². The molecule has 1 aromatic carbocycles. The van der Waals surface area contributed by atoms with Crippen LogP contribution in [-0.2, 0) is 20.7 Å². The molecule has 0 aliphatic carbocycles. The summed E-state index contributed by atoms with van der Waals surface area (Å²) in [6.07, 6.45) is 2.55. The third kappa shape index (κ3) is 12.3. The number of hydrogen-bond acceptors (Lipinski definition) is 4. The SMILES string of the molecule is CCC(C)Cc1ccc(C(=O)NCCOCCOCCC(=O)NCC(C)C)cc1. The van der Waals surface area contributed by atoms with Crippen molar-refractivity contribution in [2.45, 2.75) is 47.0 Å². The van der Waals surface area contributed by atoms with Gasteiger partial charge in [0.05, 0.1) is 26.4 Å². The highest BCUT2D eigenvalue weighted by molar-refractivity contribution is 5.94. The van der Waals surface area contributed by atoms with E-state index in [4.69, 9.17) is 9.47 Å². The van der Waals surface area contributed by atoms with Crippen molar-refractivity contribution in [3.05, 3.63) is 35.4 Å². The van der Waals surface area contributed by atoms with Gasteiger partial charge >= 0.3 is 0 Å². The summed E-state index contributed by atoms with van der Waals surface area (Å²) >= 11 is 0. The highest BCUT2D eigenvalue weighted by Gasteiger charge is 2.06. The molecule has 2 N–H and O–H groups in total. The quantitative estimate of drug-likeness (QED) is 0.439. The molecule has 0 radical (unpaired) electrons. The largest absolute Gasteiger partial charge is 0.379 e. The fourth-order valence-corrected chi connectivity index (χ4v) is 2.57. The average Bonchev–Trinajstić information content (AvgIpc) is 2.71. The second-order valence-electron chi connectivity index (χ2n) is 7.84. The standard InChI is InChI=1S/C23H38N2O4/c1-5-19(4)16-20-6-8-21(9-7-20)23(27)24-11-13-29-15-14-28-12-10-22(26)25-17-18(2)3/h6-9,18-19H,5,10-17H2,1-4H3,(H,24,27)(H,25,26). The first-order chi connectivity index (χ1) is 13.9. The van der Waals surface area contributed by atoms with Gasteiger partial charge < -0.3 is 20.1 Å². The lowest BCUT2D eigenvalue weighted by molar-refractivity contribution is -0.122. The molecule has 164 valence electrons. The Kier molecular flexibility index (Phi) is 13.0. The van der Waals surface area contributed by atoms with E-state index in [1.165, 1.54) is 5.56 Å². The summed E-state index contributed by atoms with van der Waals surface area (Å²) in [4.78, 5) is 23.7. The summed E-state index contributed by atoms with van der Waals surface area (Å²) in [5.41, 5.74) is 1.92. The van der Waals surface area contributed by atoms with Gasteiger partial charge in [-0.1, -0.05) is 46.2 Å². The lowest BCUT2D eigenvalue weighted by atomic mass is 9.98. The number of ether oxygens (including phenoxy) is 2. The molecule has 0 aliphatic heterocycles. The van der Waals surface area contributed by atoms with Crippen LogP contribution in [0.5, 0.6) is 0 Å². The number of benzene rings is 1. The molecule has 6 nitrogen and oxygen atoms in total. The summed E-state index contributed by atoms with van der Waals surface area (Å²) in [5.74, 6) is 1.02. The molecule has 0 spiro atoms. The normalized spacial score (nSPS) is 12.0. The smallest absolute Gasteiger partial charge is 0.251 e. The molecular weight excluding hydrogens is 368 g/mol. The number of rotatable bonds is 15. The first kappa shape index (κ1) is 25.1. The molecule has 1 aromatic rings. The van der Waals surface area contributed by atoms with Crippen molar-refractivity contribution in [2.24, 2.45) is 11.8 Å². The van der Waals surface area contributed by atoms with Crippen LogP contribution in [0.15, 0.2) is 24.3 Å². The number of amides is 2. The summed E-state index contributed by atoms with van der Waals surface area (Å²) in [5, 5.41) is 5.70. The Morgan fingerprint density at radius 3 is 2.21 bits per heavy atom. The molecule has 1 rings (SSSR count). The molecule has 0 saturated heterocycles. The molecular formula is C23H38N2O4. The second kappa shape index (κ2) is 15.0. The van der Waals surface area contributed by atoms with E-state index >= 15 is 0 Å². The summed E-state index contributed by atoms with van der Waals surface area (Å²) in [6, 6.07) is 7.80. The van der Waals surface area contributed by atoms with Crippen molar-refractivity contribution in [1.29, 1.82) is 0 Å². The van der Waals surface area contributed by atoms with Gasteiger partial charge in [-0.25, -0.2) is 0 Å². The molecule has 6 heteroatoms. The van der Waals surface area contributed by atoms with Crippen LogP contribution in [0.4, 0.5) is 0 Å². The van der Waals surface area contributed by atoms with Crippen LogP contribution in [0.1, 0.15) is 56.5 Å². The Labute approximate surface area is 175 Å². The highest BCUT2D eigenvalue weighted by Crippen LogP contribution is 2.12. The van der Waals surface area contributed by atoms with Crippen LogP contribution < -0.4 is 10.6 Å². The van der Waals surface area contributed by atoms with E-state index in [2.05, 4.69) is 38.3 Å². The lowest BCUT2D eigenvalue weighted by Gasteiger charge is -2.10. The van der Waals surface area contributed by atoms with E-state index in [9.17, 15) is 9.59 Å². The molecule has 1 unspecified atom stereocenters. The Balaban J connectivity index is 2.04. The molecule has 0 heterocycles. The van der Waals surface area contributed by atoms with E-state index in [-0.39, 0.29) is 11.8 Å². The van der Waals surface area contributed by atoms with Crippen molar-refractivity contribution in [3.63, 3.8) is 0 Å². The highest BCUT2D eigenvalue weighted by atomic mass is 16.5. The number of carbonyl (C=O) groups is 2. The minimum Gasteiger partial charge on any atom is -0.379 e. The van der Waals surface area contributed by atoms with Crippen LogP contribution in [0.3, 0.4) is 0 Å². The molecule has 1 atom stereocenters. The lowest BCUT2D eigenvalue weighted by Crippen LogP contribution is -2.28. The minimum atomic E-state index is -0.0904. The number of hydrogen-bond donors (Lipinski definition) is 2. The third-order valence-corrected chi connectivity index (χ3v) is 4.58. The van der Waals surface area contributed by atoms with Gasteiger partial charge in [-0.05, 0) is 36.0 Å². The van der Waals surface area contributed by atoms with Crippen LogP contribution in [-0.4, -0.2) is 51.3 Å². The van der Waals surface area contributed by atoms with Crippen molar-refractivity contribution < 1.29 is 19.1 Å².